The Hall–Kier alpha value is -2.87. The van der Waals surface area contributed by atoms with E-state index < -0.39 is 11.6 Å². The molecule has 2 aromatic rings. The molecule has 2 aliphatic rings. The van der Waals surface area contributed by atoms with Crippen molar-refractivity contribution in [2.24, 2.45) is 0 Å². The molecular weight excluding hydrogens is 406 g/mol. The summed E-state index contributed by atoms with van der Waals surface area (Å²) in [5.74, 6) is -0.261. The average Bonchev–Trinajstić information content (AvgIpc) is 2.75. The molecule has 4 rings (SSSR count). The van der Waals surface area contributed by atoms with Crippen LogP contribution in [0.15, 0.2) is 54.6 Å². The van der Waals surface area contributed by atoms with Gasteiger partial charge in [0.2, 0.25) is 0 Å². The molecule has 0 radical (unpaired) electrons. The second-order valence-corrected chi connectivity index (χ2v) is 7.38. The van der Waals surface area contributed by atoms with Crippen molar-refractivity contribution < 1.29 is 19.5 Å². The van der Waals surface area contributed by atoms with E-state index in [-0.39, 0.29) is 18.3 Å². The Kier molecular flexibility index (Phi) is 6.77. The smallest absolute Gasteiger partial charge is 0.267 e. The molecule has 0 aromatic heterocycles. The fourth-order valence-electron chi connectivity index (χ4n) is 3.78. The largest absolute Gasteiger partial charge is 0.467 e. The summed E-state index contributed by atoms with van der Waals surface area (Å²) in [4.78, 5) is 26.2. The zero-order valence-electron chi connectivity index (χ0n) is 16.3. The number of nitrogens with zero attached hydrogens (tertiary/aromatic N) is 1. The fraction of sp³-hybridized carbons (Fsp3) is 0.273. The van der Waals surface area contributed by atoms with E-state index in [0.29, 0.717) is 29.7 Å². The number of amides is 2. The minimum Gasteiger partial charge on any atom is -0.467 e. The maximum Gasteiger partial charge on any atom is 0.267 e. The number of carbonyl (C=O) groups excluding carboxylic acids is 2. The topological polar surface area (TPSA) is 90.9 Å². The van der Waals surface area contributed by atoms with Gasteiger partial charge in [-0.05, 0) is 29.3 Å². The van der Waals surface area contributed by atoms with Gasteiger partial charge in [0.05, 0.1) is 5.56 Å². The third kappa shape index (κ3) is 4.81. The molecule has 8 heteroatoms. The normalized spacial score (nSPS) is 17.6. The molecule has 2 heterocycles. The highest BCUT2D eigenvalue weighted by Crippen LogP contribution is 2.34. The van der Waals surface area contributed by atoms with Crippen LogP contribution < -0.4 is 15.5 Å². The van der Waals surface area contributed by atoms with Crippen LogP contribution in [-0.4, -0.2) is 40.7 Å². The van der Waals surface area contributed by atoms with Gasteiger partial charge in [-0.15, -0.1) is 12.4 Å². The molecule has 0 aliphatic carbocycles. The maximum absolute atomic E-state index is 12.7. The highest BCUT2D eigenvalue weighted by atomic mass is 35.5. The van der Waals surface area contributed by atoms with Gasteiger partial charge in [0, 0.05) is 38.6 Å². The molecular formula is C22H24ClN3O4. The summed E-state index contributed by atoms with van der Waals surface area (Å²) >= 11 is 0. The number of ether oxygens (including phenoxy) is 1. The van der Waals surface area contributed by atoms with Crippen LogP contribution >= 0.6 is 12.4 Å². The maximum atomic E-state index is 12.7. The van der Waals surface area contributed by atoms with E-state index in [2.05, 4.69) is 22.3 Å². The van der Waals surface area contributed by atoms with Gasteiger partial charge in [-0.3, -0.25) is 19.7 Å². The Morgan fingerprint density at radius 2 is 1.93 bits per heavy atom. The number of nitrogens with one attached hydrogen (secondary N) is 2. The lowest BCUT2D eigenvalue weighted by Crippen LogP contribution is -2.60. The molecule has 158 valence electrons. The summed E-state index contributed by atoms with van der Waals surface area (Å²) in [7, 11) is 0. The number of halogens is 1. The first-order valence-corrected chi connectivity index (χ1v) is 9.61. The molecule has 0 bridgehead atoms. The van der Waals surface area contributed by atoms with Crippen LogP contribution in [-0.2, 0) is 11.3 Å². The van der Waals surface area contributed by atoms with Gasteiger partial charge in [-0.2, -0.15) is 0 Å². The number of piperidine rings is 1. The Labute approximate surface area is 181 Å². The molecule has 0 unspecified atom stereocenters. The minimum absolute atomic E-state index is 0. The highest BCUT2D eigenvalue weighted by Gasteiger charge is 2.42. The van der Waals surface area contributed by atoms with Crippen molar-refractivity contribution in [1.82, 2.24) is 15.7 Å². The van der Waals surface area contributed by atoms with Crippen molar-refractivity contribution in [3.8, 4) is 5.75 Å². The van der Waals surface area contributed by atoms with Crippen LogP contribution in [0.4, 0.5) is 0 Å². The average molecular weight is 430 g/mol. The van der Waals surface area contributed by atoms with Gasteiger partial charge in [0.15, 0.2) is 5.72 Å². The van der Waals surface area contributed by atoms with E-state index in [4.69, 9.17) is 9.94 Å². The number of benzene rings is 2. The molecule has 30 heavy (non-hydrogen) atoms. The summed E-state index contributed by atoms with van der Waals surface area (Å²) in [5, 5.41) is 11.6. The van der Waals surface area contributed by atoms with Crippen LogP contribution in [0.2, 0.25) is 0 Å². The zero-order valence-corrected chi connectivity index (χ0v) is 17.2. The Balaban J connectivity index is 0.00000256. The number of hydroxylamine groups is 1. The molecule has 2 amide bonds. The highest BCUT2D eigenvalue weighted by molar-refractivity contribution is 5.99. The van der Waals surface area contributed by atoms with E-state index in [1.165, 1.54) is 23.2 Å². The second-order valence-electron chi connectivity index (χ2n) is 7.38. The number of hydrogen-bond acceptors (Lipinski definition) is 5. The Bertz CT molecular complexity index is 941. The third-order valence-electron chi connectivity index (χ3n) is 5.35. The van der Waals surface area contributed by atoms with Gasteiger partial charge < -0.3 is 10.1 Å². The molecule has 7 nitrogen and oxygen atoms in total. The van der Waals surface area contributed by atoms with Crippen molar-refractivity contribution in [3.63, 3.8) is 0 Å². The number of likely N-dealkylation sites (tertiary alicyclic amines) is 1. The molecule has 1 saturated heterocycles. The number of carbonyl (C=O) groups is 2. The quantitative estimate of drug-likeness (QED) is 0.395. The minimum atomic E-state index is -0.675. The zero-order chi connectivity index (χ0) is 20.3. The standard InChI is InChI=1S/C22H23N3O4.ClH/c26-20(24-28)9-7-16-6-8-19-18(14-16)21(27)23-22(29-19)10-12-25(13-11-22)15-17-4-2-1-3-5-17;/h1-9,14,28H,10-13,15H2,(H,23,27)(H,24,26);1H/b9-7+;. The van der Waals surface area contributed by atoms with E-state index >= 15 is 0 Å². The molecule has 1 spiro atoms. The molecule has 1 fully saturated rings. The molecule has 2 aromatic carbocycles. The Morgan fingerprint density at radius 1 is 1.20 bits per heavy atom. The van der Waals surface area contributed by atoms with Crippen molar-refractivity contribution >= 4 is 30.3 Å². The molecule has 0 saturated carbocycles. The SMILES string of the molecule is Cl.O=C(/C=C/c1ccc2c(c1)C(=O)NC1(CCN(Cc3ccccc3)CC1)O2)NO. The third-order valence-corrected chi connectivity index (χ3v) is 5.35. The van der Waals surface area contributed by atoms with E-state index in [0.717, 1.165) is 19.6 Å². The summed E-state index contributed by atoms with van der Waals surface area (Å²) in [6.07, 6.45) is 4.13. The lowest BCUT2D eigenvalue weighted by Gasteiger charge is -2.44. The first kappa shape index (κ1) is 21.8. The van der Waals surface area contributed by atoms with Gasteiger partial charge in [0.25, 0.3) is 11.8 Å². The van der Waals surface area contributed by atoms with Gasteiger partial charge in [-0.1, -0.05) is 36.4 Å². The van der Waals surface area contributed by atoms with Crippen molar-refractivity contribution in [2.75, 3.05) is 13.1 Å². The van der Waals surface area contributed by atoms with Crippen molar-refractivity contribution in [2.45, 2.75) is 25.1 Å². The van der Waals surface area contributed by atoms with Crippen LogP contribution in [0.5, 0.6) is 5.75 Å². The summed E-state index contributed by atoms with van der Waals surface area (Å²) in [6.45, 7) is 2.56. The number of fused-ring (bicyclic) bond motifs is 1. The van der Waals surface area contributed by atoms with Crippen LogP contribution in [0.1, 0.15) is 34.3 Å². The summed E-state index contributed by atoms with van der Waals surface area (Å²) in [5.41, 5.74) is 3.24. The van der Waals surface area contributed by atoms with E-state index in [1.54, 1.807) is 18.2 Å². The first-order chi connectivity index (χ1) is 14.1. The summed E-state index contributed by atoms with van der Waals surface area (Å²) < 4.78 is 6.23. The van der Waals surface area contributed by atoms with Crippen LogP contribution in [0.25, 0.3) is 6.08 Å². The first-order valence-electron chi connectivity index (χ1n) is 9.61. The lowest BCUT2D eigenvalue weighted by atomic mass is 9.96. The van der Waals surface area contributed by atoms with Crippen molar-refractivity contribution in [3.05, 3.63) is 71.3 Å². The molecule has 2 aliphatic heterocycles. The Morgan fingerprint density at radius 3 is 2.63 bits per heavy atom. The molecule has 0 atom stereocenters. The van der Waals surface area contributed by atoms with Crippen LogP contribution in [0, 0.1) is 0 Å². The van der Waals surface area contributed by atoms with Crippen LogP contribution in [0.3, 0.4) is 0 Å². The molecule has 3 N–H and O–H groups in total. The number of rotatable bonds is 4. The number of hydrogen-bond donors (Lipinski definition) is 3. The fourth-order valence-corrected chi connectivity index (χ4v) is 3.78. The van der Waals surface area contributed by atoms with Gasteiger partial charge in [0.1, 0.15) is 5.75 Å². The predicted molar refractivity (Wildman–Crippen MR) is 114 cm³/mol. The second kappa shape index (κ2) is 9.30. The predicted octanol–water partition coefficient (Wildman–Crippen LogP) is 2.74. The van der Waals surface area contributed by atoms with E-state index in [1.807, 2.05) is 18.2 Å². The summed E-state index contributed by atoms with van der Waals surface area (Å²) in [6, 6.07) is 15.5. The van der Waals surface area contributed by atoms with E-state index in [9.17, 15) is 9.59 Å². The van der Waals surface area contributed by atoms with Gasteiger partial charge in [-0.25, -0.2) is 5.48 Å². The lowest BCUT2D eigenvalue weighted by molar-refractivity contribution is -0.124. The van der Waals surface area contributed by atoms with Gasteiger partial charge >= 0.3 is 0 Å². The monoisotopic (exact) mass is 429 g/mol. The van der Waals surface area contributed by atoms with Crippen molar-refractivity contribution in [1.29, 1.82) is 0 Å².